The lowest BCUT2D eigenvalue weighted by Crippen LogP contribution is -2.49. The third-order valence-corrected chi connectivity index (χ3v) is 6.05. The number of urea groups is 1. The molecule has 5 nitrogen and oxygen atoms in total. The summed E-state index contributed by atoms with van der Waals surface area (Å²) in [4.78, 5) is 17.2. The molecule has 0 radical (unpaired) electrons. The maximum absolute atomic E-state index is 13.2. The van der Waals surface area contributed by atoms with E-state index in [1.165, 1.54) is 12.8 Å². The standard InChI is InChI=1S/C19H27N3O2/c1-13(2)22-18(24)21(15-5-7-16(23)8-6-15)12-19(22)10-14-4-3-9-20-17(14)11-19/h5-8,13-14,17,20,23H,3-4,9-12H2,1-2H3. The lowest BCUT2D eigenvalue weighted by molar-refractivity contribution is 0.129. The molecule has 1 saturated carbocycles. The summed E-state index contributed by atoms with van der Waals surface area (Å²) in [5.41, 5.74) is 0.818. The average Bonchev–Trinajstić information content (AvgIpc) is 3.05. The highest BCUT2D eigenvalue weighted by atomic mass is 16.3. The van der Waals surface area contributed by atoms with Gasteiger partial charge < -0.3 is 15.3 Å². The van der Waals surface area contributed by atoms with Crippen LogP contribution in [0.2, 0.25) is 0 Å². The molecule has 24 heavy (non-hydrogen) atoms. The summed E-state index contributed by atoms with van der Waals surface area (Å²) in [6.45, 7) is 6.10. The fraction of sp³-hybridized carbons (Fsp3) is 0.632. The van der Waals surface area contributed by atoms with Gasteiger partial charge in [-0.05, 0) is 76.3 Å². The minimum absolute atomic E-state index is 0.0597. The first-order chi connectivity index (χ1) is 11.5. The number of phenols is 1. The van der Waals surface area contributed by atoms with E-state index >= 15 is 0 Å². The number of nitrogens with one attached hydrogen (secondary N) is 1. The number of fused-ring (bicyclic) bond motifs is 1. The number of nitrogens with zero attached hydrogens (tertiary/aromatic N) is 2. The molecule has 3 aliphatic rings. The Morgan fingerprint density at radius 2 is 2.00 bits per heavy atom. The van der Waals surface area contributed by atoms with Crippen molar-refractivity contribution in [3.63, 3.8) is 0 Å². The number of hydrogen-bond acceptors (Lipinski definition) is 3. The predicted octanol–water partition coefficient (Wildman–Crippen LogP) is 2.94. The van der Waals surface area contributed by atoms with Crippen molar-refractivity contribution >= 4 is 11.7 Å². The highest BCUT2D eigenvalue weighted by Crippen LogP contribution is 2.48. The molecule has 2 saturated heterocycles. The fourth-order valence-corrected chi connectivity index (χ4v) is 5.18. The number of carbonyl (C=O) groups is 1. The molecule has 1 spiro atoms. The van der Waals surface area contributed by atoms with Gasteiger partial charge in [-0.3, -0.25) is 4.90 Å². The topological polar surface area (TPSA) is 55.8 Å². The van der Waals surface area contributed by atoms with E-state index in [-0.39, 0.29) is 23.4 Å². The molecule has 1 aliphatic carbocycles. The third kappa shape index (κ3) is 2.37. The van der Waals surface area contributed by atoms with Crippen LogP contribution in [-0.2, 0) is 0 Å². The molecule has 130 valence electrons. The molecule has 1 aromatic rings. The Balaban J connectivity index is 1.66. The predicted molar refractivity (Wildman–Crippen MR) is 94.3 cm³/mol. The van der Waals surface area contributed by atoms with Gasteiger partial charge in [0.15, 0.2) is 0 Å². The van der Waals surface area contributed by atoms with Crippen molar-refractivity contribution in [2.24, 2.45) is 5.92 Å². The summed E-state index contributed by atoms with van der Waals surface area (Å²) in [6.07, 6.45) is 4.67. The van der Waals surface area contributed by atoms with Crippen LogP contribution in [0.25, 0.3) is 0 Å². The van der Waals surface area contributed by atoms with E-state index < -0.39 is 0 Å². The zero-order valence-corrected chi connectivity index (χ0v) is 14.5. The van der Waals surface area contributed by atoms with E-state index in [9.17, 15) is 9.90 Å². The number of carbonyl (C=O) groups excluding carboxylic acids is 1. The van der Waals surface area contributed by atoms with Crippen LogP contribution in [0.3, 0.4) is 0 Å². The highest BCUT2D eigenvalue weighted by Gasteiger charge is 2.57. The van der Waals surface area contributed by atoms with E-state index in [4.69, 9.17) is 0 Å². The smallest absolute Gasteiger partial charge is 0.325 e. The van der Waals surface area contributed by atoms with Gasteiger partial charge in [0.1, 0.15) is 5.75 Å². The van der Waals surface area contributed by atoms with Crippen LogP contribution >= 0.6 is 0 Å². The number of rotatable bonds is 2. The van der Waals surface area contributed by atoms with Crippen molar-refractivity contribution in [2.75, 3.05) is 18.0 Å². The first-order valence-electron chi connectivity index (χ1n) is 9.13. The molecule has 1 aromatic carbocycles. The number of hydrogen-bond donors (Lipinski definition) is 2. The molecular weight excluding hydrogens is 302 g/mol. The maximum Gasteiger partial charge on any atom is 0.325 e. The molecule has 2 heterocycles. The summed E-state index contributed by atoms with van der Waals surface area (Å²) in [6, 6.07) is 7.84. The second-order valence-corrected chi connectivity index (χ2v) is 7.94. The molecule has 0 bridgehead atoms. The number of amides is 2. The zero-order chi connectivity index (χ0) is 16.9. The van der Waals surface area contributed by atoms with Gasteiger partial charge in [-0.1, -0.05) is 0 Å². The second-order valence-electron chi connectivity index (χ2n) is 7.94. The van der Waals surface area contributed by atoms with Crippen molar-refractivity contribution in [3.8, 4) is 5.75 Å². The van der Waals surface area contributed by atoms with Crippen LogP contribution in [0, 0.1) is 5.92 Å². The summed E-state index contributed by atoms with van der Waals surface area (Å²) in [7, 11) is 0. The Kier molecular flexibility index (Phi) is 3.71. The lowest BCUT2D eigenvalue weighted by atomic mass is 9.91. The van der Waals surface area contributed by atoms with Gasteiger partial charge in [0, 0.05) is 17.8 Å². The van der Waals surface area contributed by atoms with E-state index in [1.807, 2.05) is 17.0 Å². The normalized spacial score (nSPS) is 32.9. The van der Waals surface area contributed by atoms with Crippen LogP contribution in [-0.4, -0.2) is 46.7 Å². The van der Waals surface area contributed by atoms with Crippen molar-refractivity contribution in [2.45, 2.75) is 57.2 Å². The van der Waals surface area contributed by atoms with Gasteiger partial charge in [0.05, 0.1) is 12.1 Å². The quantitative estimate of drug-likeness (QED) is 0.877. The number of aromatic hydroxyl groups is 1. The Labute approximate surface area is 143 Å². The average molecular weight is 329 g/mol. The maximum atomic E-state index is 13.2. The van der Waals surface area contributed by atoms with Crippen LogP contribution in [0.1, 0.15) is 39.5 Å². The molecular formula is C19H27N3O2. The van der Waals surface area contributed by atoms with Crippen LogP contribution in [0.15, 0.2) is 24.3 Å². The molecule has 4 rings (SSSR count). The van der Waals surface area contributed by atoms with E-state index in [0.717, 1.165) is 31.6 Å². The van der Waals surface area contributed by atoms with Gasteiger partial charge >= 0.3 is 6.03 Å². The largest absolute Gasteiger partial charge is 0.508 e. The monoisotopic (exact) mass is 329 g/mol. The number of benzene rings is 1. The van der Waals surface area contributed by atoms with Gasteiger partial charge in [-0.25, -0.2) is 4.79 Å². The summed E-state index contributed by atoms with van der Waals surface area (Å²) in [5, 5.41) is 13.2. The molecule has 3 atom stereocenters. The van der Waals surface area contributed by atoms with Gasteiger partial charge in [-0.15, -0.1) is 0 Å². The molecule has 5 heteroatoms. The number of phenolic OH excluding ortho intramolecular Hbond substituents is 1. The van der Waals surface area contributed by atoms with Crippen molar-refractivity contribution in [1.82, 2.24) is 10.2 Å². The molecule has 2 amide bonds. The molecule has 2 aliphatic heterocycles. The van der Waals surface area contributed by atoms with E-state index in [0.29, 0.717) is 12.0 Å². The van der Waals surface area contributed by atoms with Crippen LogP contribution in [0.5, 0.6) is 5.75 Å². The molecule has 3 unspecified atom stereocenters. The minimum Gasteiger partial charge on any atom is -0.508 e. The van der Waals surface area contributed by atoms with Crippen molar-refractivity contribution < 1.29 is 9.90 Å². The van der Waals surface area contributed by atoms with Crippen LogP contribution in [0.4, 0.5) is 10.5 Å². The summed E-state index contributed by atoms with van der Waals surface area (Å²) >= 11 is 0. The fourth-order valence-electron chi connectivity index (χ4n) is 5.18. The minimum atomic E-state index is -0.0597. The lowest BCUT2D eigenvalue weighted by Gasteiger charge is -2.36. The van der Waals surface area contributed by atoms with Gasteiger partial charge in [-0.2, -0.15) is 0 Å². The second kappa shape index (κ2) is 5.66. The zero-order valence-electron chi connectivity index (χ0n) is 14.5. The van der Waals surface area contributed by atoms with Gasteiger partial charge in [0.2, 0.25) is 0 Å². The Morgan fingerprint density at radius 1 is 1.25 bits per heavy atom. The molecule has 2 N–H and O–H groups in total. The van der Waals surface area contributed by atoms with Gasteiger partial charge in [0.25, 0.3) is 0 Å². The SMILES string of the molecule is CC(C)N1C(=O)N(c2ccc(O)cc2)CC12CC1CCCNC1C2. The summed E-state index contributed by atoms with van der Waals surface area (Å²) < 4.78 is 0. The van der Waals surface area contributed by atoms with E-state index in [1.54, 1.807) is 12.1 Å². The molecule has 0 aromatic heterocycles. The third-order valence-electron chi connectivity index (χ3n) is 6.05. The Hall–Kier alpha value is -1.75. The van der Waals surface area contributed by atoms with Crippen molar-refractivity contribution in [1.29, 1.82) is 0 Å². The molecule has 3 fully saturated rings. The van der Waals surface area contributed by atoms with Crippen molar-refractivity contribution in [3.05, 3.63) is 24.3 Å². The number of anilines is 1. The first-order valence-corrected chi connectivity index (χ1v) is 9.13. The Morgan fingerprint density at radius 3 is 2.67 bits per heavy atom. The Bertz CT molecular complexity index is 614. The van der Waals surface area contributed by atoms with Crippen LogP contribution < -0.4 is 10.2 Å². The highest BCUT2D eigenvalue weighted by molar-refractivity contribution is 5.95. The first kappa shape index (κ1) is 15.8. The van der Waals surface area contributed by atoms with E-state index in [2.05, 4.69) is 24.1 Å². The summed E-state index contributed by atoms with van der Waals surface area (Å²) in [5.74, 6) is 0.921. The number of piperidine rings is 1.